The minimum absolute atomic E-state index is 0.127. The summed E-state index contributed by atoms with van der Waals surface area (Å²) in [5.41, 5.74) is 0. The van der Waals surface area contributed by atoms with E-state index in [1.807, 2.05) is 7.74 Å². The average molecular weight is 94.5 g/mol. The van der Waals surface area contributed by atoms with E-state index in [-0.39, 0.29) is 5.91 Å². The Morgan fingerprint density at radius 3 is 2.57 bits per heavy atom. The lowest BCUT2D eigenvalue weighted by Crippen LogP contribution is -2.20. The predicted molar refractivity (Wildman–Crippen MR) is 37.2 cm³/mol. The van der Waals surface area contributed by atoms with Gasteiger partial charge in [0.15, 0.2) is 5.91 Å². The molecule has 0 bridgehead atoms. The van der Waals surface area contributed by atoms with Crippen molar-refractivity contribution in [1.82, 2.24) is 5.23 Å². The summed E-state index contributed by atoms with van der Waals surface area (Å²) in [6.45, 7) is 0. The maximum Gasteiger partial charge on any atom is 0.217 e. The predicted octanol–water partition coefficient (Wildman–Crippen LogP) is -2.95. The minimum atomic E-state index is 0.127. The van der Waals surface area contributed by atoms with Gasteiger partial charge in [-0.2, -0.15) is 0 Å². The summed E-state index contributed by atoms with van der Waals surface area (Å²) >= 11 is 0. The average Bonchev–Trinajstić information content (AvgIpc) is 1.68. The van der Waals surface area contributed by atoms with Gasteiger partial charge in [0.25, 0.3) is 0 Å². The first-order valence-electron chi connectivity index (χ1n) is 2.51. The lowest BCUT2D eigenvalue weighted by molar-refractivity contribution is -0.117. The SMILES string of the molecule is BBCC(=O)NB. The van der Waals surface area contributed by atoms with E-state index in [0.717, 1.165) is 7.17 Å². The van der Waals surface area contributed by atoms with Crippen LogP contribution in [0.2, 0.25) is 6.32 Å². The first-order valence-corrected chi connectivity index (χ1v) is 2.51. The van der Waals surface area contributed by atoms with Gasteiger partial charge in [-0.1, -0.05) is 0 Å². The summed E-state index contributed by atoms with van der Waals surface area (Å²) in [5.74, 6) is 0.127. The number of amides is 1. The maximum atomic E-state index is 10.3. The Bertz CT molecular complexity index is 66.0. The number of carbonyl (C=O) groups excluding carboxylic acids is 1. The first kappa shape index (κ1) is 6.66. The molecular weight excluding hydrogens is 86.5 g/mol. The van der Waals surface area contributed by atoms with Crippen molar-refractivity contribution in [2.45, 2.75) is 6.32 Å². The Balaban J connectivity index is 3.00. The quantitative estimate of drug-likeness (QED) is 0.365. The number of hydrogen-bond acceptors (Lipinski definition) is 1. The van der Waals surface area contributed by atoms with Gasteiger partial charge in [-0.05, 0) is 6.32 Å². The van der Waals surface area contributed by atoms with Crippen LogP contribution >= 0.6 is 0 Å². The maximum absolute atomic E-state index is 10.3. The van der Waals surface area contributed by atoms with Crippen molar-refractivity contribution in [3.8, 4) is 0 Å². The van der Waals surface area contributed by atoms with E-state index in [9.17, 15) is 4.79 Å². The fourth-order valence-corrected chi connectivity index (χ4v) is 0.352. The van der Waals surface area contributed by atoms with Gasteiger partial charge in [0.2, 0.25) is 7.98 Å². The van der Waals surface area contributed by atoms with Gasteiger partial charge in [-0.15, -0.1) is 0 Å². The third kappa shape index (κ3) is 3.50. The Morgan fingerprint density at radius 2 is 2.43 bits per heavy atom. The summed E-state index contributed by atoms with van der Waals surface area (Å²) in [5, 5.41) is 2.53. The molecule has 0 aliphatic rings. The van der Waals surface area contributed by atoms with E-state index in [4.69, 9.17) is 0 Å². The monoisotopic (exact) mass is 95.1 g/mol. The number of nitrogens with one attached hydrogen (secondary N) is 1. The lowest BCUT2D eigenvalue weighted by Gasteiger charge is -1.90. The van der Waals surface area contributed by atoms with Crippen molar-refractivity contribution in [3.05, 3.63) is 0 Å². The summed E-state index contributed by atoms with van der Waals surface area (Å²) in [6.07, 6.45) is 0.649. The fraction of sp³-hybridized carbons (Fsp3) is 0.500. The van der Waals surface area contributed by atoms with Gasteiger partial charge in [0, 0.05) is 0 Å². The zero-order valence-electron chi connectivity index (χ0n) is 4.82. The molecule has 1 N–H and O–H groups in total. The third-order valence-electron chi connectivity index (χ3n) is 0.756. The molecule has 0 unspecified atom stereocenters. The van der Waals surface area contributed by atoms with E-state index in [2.05, 4.69) is 5.23 Å². The molecule has 0 aromatic heterocycles. The second kappa shape index (κ2) is 3.84. The molecule has 0 aromatic carbocycles. The van der Waals surface area contributed by atoms with Crippen LogP contribution in [0.3, 0.4) is 0 Å². The topological polar surface area (TPSA) is 29.1 Å². The summed E-state index contributed by atoms with van der Waals surface area (Å²) in [7, 11) is 4.56. The van der Waals surface area contributed by atoms with Crippen LogP contribution in [0.4, 0.5) is 0 Å². The van der Waals surface area contributed by atoms with Crippen LogP contribution in [0.15, 0.2) is 0 Å². The summed E-state index contributed by atoms with van der Waals surface area (Å²) in [6, 6.07) is 0. The molecule has 0 rings (SSSR count). The highest BCUT2D eigenvalue weighted by Crippen LogP contribution is 1.69. The molecular formula is C2H8B3NO. The molecule has 0 saturated carbocycles. The van der Waals surface area contributed by atoms with Crippen molar-refractivity contribution in [2.75, 3.05) is 0 Å². The van der Waals surface area contributed by atoms with Gasteiger partial charge in [-0.25, -0.2) is 0 Å². The largest absolute Gasteiger partial charge is 0.407 e. The van der Waals surface area contributed by atoms with Crippen LogP contribution in [-0.2, 0) is 4.79 Å². The molecule has 0 atom stereocenters. The van der Waals surface area contributed by atoms with Crippen LogP contribution in [-0.4, -0.2) is 28.8 Å². The zero-order chi connectivity index (χ0) is 5.70. The number of carbonyl (C=O) groups is 1. The van der Waals surface area contributed by atoms with Gasteiger partial charge in [0.1, 0.15) is 0 Å². The van der Waals surface area contributed by atoms with E-state index in [1.165, 1.54) is 0 Å². The molecule has 0 aromatic rings. The van der Waals surface area contributed by atoms with Crippen molar-refractivity contribution in [3.63, 3.8) is 0 Å². The van der Waals surface area contributed by atoms with E-state index < -0.39 is 0 Å². The molecule has 2 nitrogen and oxygen atoms in total. The van der Waals surface area contributed by atoms with Crippen LogP contribution in [0.25, 0.3) is 0 Å². The number of rotatable bonds is 2. The Kier molecular flexibility index (Phi) is 3.66. The first-order chi connectivity index (χ1) is 3.31. The normalized spacial score (nSPS) is 7.43. The van der Waals surface area contributed by atoms with E-state index in [0.29, 0.717) is 6.32 Å². The molecule has 5 heteroatoms. The second-order valence-electron chi connectivity index (χ2n) is 1.42. The standard InChI is InChI=1S/C2H8B3NO/c3-5-1-2(7)6-4/h5H,1,3-4H2,(H,6,7). The molecule has 0 fully saturated rings. The Hall–Kier alpha value is -0.335. The number of hydrogen-bond donors (Lipinski definition) is 1. The smallest absolute Gasteiger partial charge is 0.217 e. The molecule has 0 radical (unpaired) electrons. The van der Waals surface area contributed by atoms with Crippen molar-refractivity contribution in [2.24, 2.45) is 0 Å². The molecule has 0 aliphatic carbocycles. The molecule has 0 aliphatic heterocycles. The van der Waals surface area contributed by atoms with Crippen molar-refractivity contribution >= 4 is 28.8 Å². The molecule has 1 amide bonds. The van der Waals surface area contributed by atoms with Crippen LogP contribution < -0.4 is 5.23 Å². The van der Waals surface area contributed by atoms with Crippen LogP contribution in [0, 0.1) is 0 Å². The summed E-state index contributed by atoms with van der Waals surface area (Å²) in [4.78, 5) is 10.3. The summed E-state index contributed by atoms with van der Waals surface area (Å²) < 4.78 is 0. The molecule has 0 saturated heterocycles. The van der Waals surface area contributed by atoms with E-state index >= 15 is 0 Å². The van der Waals surface area contributed by atoms with Gasteiger partial charge in [-0.3, -0.25) is 4.79 Å². The Morgan fingerprint density at radius 1 is 1.86 bits per heavy atom. The highest BCUT2D eigenvalue weighted by atomic mass is 16.1. The fourth-order valence-electron chi connectivity index (χ4n) is 0.352. The molecule has 36 valence electrons. The van der Waals surface area contributed by atoms with Crippen molar-refractivity contribution in [1.29, 1.82) is 0 Å². The third-order valence-corrected chi connectivity index (χ3v) is 0.756. The van der Waals surface area contributed by atoms with Gasteiger partial charge < -0.3 is 5.23 Å². The second-order valence-corrected chi connectivity index (χ2v) is 1.42. The van der Waals surface area contributed by atoms with E-state index in [1.54, 1.807) is 7.98 Å². The highest BCUT2D eigenvalue weighted by molar-refractivity contribution is 6.90. The Labute approximate surface area is 46.1 Å². The van der Waals surface area contributed by atoms with Crippen molar-refractivity contribution < 1.29 is 4.79 Å². The molecule has 7 heavy (non-hydrogen) atoms. The lowest BCUT2D eigenvalue weighted by atomic mass is 9.53. The minimum Gasteiger partial charge on any atom is -0.407 e. The molecule has 0 spiro atoms. The van der Waals surface area contributed by atoms with Crippen LogP contribution in [0.1, 0.15) is 0 Å². The zero-order valence-corrected chi connectivity index (χ0v) is 4.82. The van der Waals surface area contributed by atoms with Crippen LogP contribution in [0.5, 0.6) is 0 Å². The highest BCUT2D eigenvalue weighted by Gasteiger charge is 1.91. The molecule has 0 heterocycles. The van der Waals surface area contributed by atoms with Gasteiger partial charge >= 0.3 is 0 Å². The van der Waals surface area contributed by atoms with Gasteiger partial charge in [0.05, 0.1) is 14.9 Å².